The number of nitrogens with zero attached hydrogens (tertiary/aromatic N) is 4. The second-order valence-corrected chi connectivity index (χ2v) is 4.60. The van der Waals surface area contributed by atoms with Crippen molar-refractivity contribution < 1.29 is 14.6 Å². The van der Waals surface area contributed by atoms with Gasteiger partial charge in [0.05, 0.1) is 12.8 Å². The number of hydrogen-bond donors (Lipinski definition) is 0. The van der Waals surface area contributed by atoms with Crippen LogP contribution in [0.4, 0.5) is 0 Å². The molecule has 0 amide bonds. The Bertz CT molecular complexity index is 555. The number of carbonyl (C=O) groups excluding carboxylic acids is 1. The Morgan fingerprint density at radius 1 is 1.42 bits per heavy atom. The van der Waals surface area contributed by atoms with Crippen LogP contribution < -0.4 is 9.84 Å². The lowest BCUT2D eigenvalue weighted by Crippen LogP contribution is -2.22. The average molecular weight is 279 g/mol. The van der Waals surface area contributed by atoms with Gasteiger partial charge in [0.25, 0.3) is 0 Å². The maximum absolute atomic E-state index is 10.4. The van der Waals surface area contributed by atoms with Crippen LogP contribution in [0.1, 0.15) is 6.42 Å². The third kappa shape index (κ3) is 3.44. The van der Waals surface area contributed by atoms with Crippen LogP contribution in [-0.4, -0.2) is 39.0 Å². The molecular formula is C11H11N4O3S-. The third-order valence-corrected chi connectivity index (χ3v) is 3.22. The van der Waals surface area contributed by atoms with E-state index in [0.29, 0.717) is 10.9 Å². The lowest BCUT2D eigenvalue weighted by Gasteiger charge is -2.05. The van der Waals surface area contributed by atoms with Crippen LogP contribution in [0.25, 0.3) is 5.69 Å². The highest BCUT2D eigenvalue weighted by atomic mass is 32.2. The number of carboxylic acid groups (broad SMARTS) is 1. The van der Waals surface area contributed by atoms with Gasteiger partial charge in [-0.2, -0.15) is 4.68 Å². The smallest absolute Gasteiger partial charge is 0.214 e. The second-order valence-electron chi connectivity index (χ2n) is 3.54. The zero-order valence-corrected chi connectivity index (χ0v) is 11.0. The Balaban J connectivity index is 2.11. The Kier molecular flexibility index (Phi) is 4.35. The van der Waals surface area contributed by atoms with Crippen molar-refractivity contribution in [3.8, 4) is 11.4 Å². The maximum Gasteiger partial charge on any atom is 0.214 e. The van der Waals surface area contributed by atoms with E-state index in [1.54, 1.807) is 23.9 Å². The lowest BCUT2D eigenvalue weighted by molar-refractivity contribution is -0.305. The molecule has 8 heteroatoms. The molecule has 1 aromatic heterocycles. The normalized spacial score (nSPS) is 10.4. The van der Waals surface area contributed by atoms with Gasteiger partial charge in [-0.3, -0.25) is 0 Å². The van der Waals surface area contributed by atoms with Gasteiger partial charge < -0.3 is 14.6 Å². The number of thioether (sulfide) groups is 1. The van der Waals surface area contributed by atoms with Gasteiger partial charge in [0, 0.05) is 11.7 Å². The molecule has 0 saturated heterocycles. The third-order valence-electron chi connectivity index (χ3n) is 2.30. The van der Waals surface area contributed by atoms with E-state index in [-0.39, 0.29) is 6.42 Å². The Morgan fingerprint density at radius 2 is 2.16 bits per heavy atom. The first-order valence-electron chi connectivity index (χ1n) is 5.46. The highest BCUT2D eigenvalue weighted by molar-refractivity contribution is 7.99. The summed E-state index contributed by atoms with van der Waals surface area (Å²) in [6.45, 7) is 0. The molecule has 0 aliphatic rings. The van der Waals surface area contributed by atoms with Crippen molar-refractivity contribution in [2.45, 2.75) is 11.6 Å². The molecule has 19 heavy (non-hydrogen) atoms. The van der Waals surface area contributed by atoms with E-state index in [1.165, 1.54) is 11.8 Å². The fourth-order valence-corrected chi connectivity index (χ4v) is 2.19. The highest BCUT2D eigenvalue weighted by Crippen LogP contribution is 2.20. The molecular weight excluding hydrogens is 268 g/mol. The molecule has 1 aromatic carbocycles. The minimum absolute atomic E-state index is 0.0415. The van der Waals surface area contributed by atoms with Gasteiger partial charge in [-0.05, 0) is 41.1 Å². The van der Waals surface area contributed by atoms with Gasteiger partial charge in [0.2, 0.25) is 5.16 Å². The van der Waals surface area contributed by atoms with Gasteiger partial charge in [0.15, 0.2) is 0 Å². The summed E-state index contributed by atoms with van der Waals surface area (Å²) in [4.78, 5) is 10.4. The van der Waals surface area contributed by atoms with Crippen molar-refractivity contribution in [1.82, 2.24) is 20.2 Å². The van der Waals surface area contributed by atoms with Crippen molar-refractivity contribution in [3.63, 3.8) is 0 Å². The average Bonchev–Trinajstić information content (AvgIpc) is 2.87. The number of tetrazole rings is 1. The van der Waals surface area contributed by atoms with Crippen LogP contribution in [0.5, 0.6) is 5.75 Å². The largest absolute Gasteiger partial charge is 0.550 e. The molecule has 0 saturated carbocycles. The van der Waals surface area contributed by atoms with Crippen LogP contribution in [-0.2, 0) is 4.79 Å². The van der Waals surface area contributed by atoms with E-state index in [2.05, 4.69) is 15.5 Å². The maximum atomic E-state index is 10.4. The van der Waals surface area contributed by atoms with Crippen LogP contribution in [0.15, 0.2) is 29.4 Å². The summed E-state index contributed by atoms with van der Waals surface area (Å²) in [7, 11) is 1.59. The van der Waals surface area contributed by atoms with Crippen molar-refractivity contribution in [2.24, 2.45) is 0 Å². The summed E-state index contributed by atoms with van der Waals surface area (Å²) in [6.07, 6.45) is -0.0415. The summed E-state index contributed by atoms with van der Waals surface area (Å²) in [5.74, 6) is 0.0118. The lowest BCUT2D eigenvalue weighted by atomic mass is 10.3. The van der Waals surface area contributed by atoms with Crippen molar-refractivity contribution in [2.75, 3.05) is 12.9 Å². The van der Waals surface area contributed by atoms with Crippen LogP contribution in [0.2, 0.25) is 0 Å². The van der Waals surface area contributed by atoms with Gasteiger partial charge in [-0.1, -0.05) is 11.8 Å². The number of carbonyl (C=O) groups is 1. The quantitative estimate of drug-likeness (QED) is 0.682. The number of benzene rings is 1. The summed E-state index contributed by atoms with van der Waals surface area (Å²) in [6, 6.07) is 7.23. The predicted molar refractivity (Wildman–Crippen MR) is 66.1 cm³/mol. The first kappa shape index (κ1) is 13.3. The minimum Gasteiger partial charge on any atom is -0.550 e. The molecule has 0 fully saturated rings. The molecule has 2 rings (SSSR count). The van der Waals surface area contributed by atoms with Crippen molar-refractivity contribution in [1.29, 1.82) is 0 Å². The zero-order valence-electron chi connectivity index (χ0n) is 10.1. The van der Waals surface area contributed by atoms with Gasteiger partial charge in [0.1, 0.15) is 5.75 Å². The Hall–Kier alpha value is -2.09. The highest BCUT2D eigenvalue weighted by Gasteiger charge is 2.08. The summed E-state index contributed by atoms with van der Waals surface area (Å²) in [5, 5.41) is 22.2. The summed E-state index contributed by atoms with van der Waals surface area (Å²) < 4.78 is 6.61. The molecule has 0 N–H and O–H groups in total. The van der Waals surface area contributed by atoms with E-state index in [0.717, 1.165) is 11.4 Å². The van der Waals surface area contributed by atoms with Crippen LogP contribution in [0, 0.1) is 0 Å². The van der Waals surface area contributed by atoms with E-state index >= 15 is 0 Å². The van der Waals surface area contributed by atoms with E-state index in [1.807, 2.05) is 12.1 Å². The van der Waals surface area contributed by atoms with Crippen molar-refractivity contribution >= 4 is 17.7 Å². The second kappa shape index (κ2) is 6.19. The standard InChI is InChI=1S/C11H12N4O3S/c1-18-9-4-2-8(3-5-9)15-11(12-13-14-15)19-7-6-10(16)17/h2-5H,6-7H2,1H3,(H,16,17)/p-1. The van der Waals surface area contributed by atoms with Gasteiger partial charge in [-0.15, -0.1) is 5.10 Å². The number of aliphatic carboxylic acids is 1. The minimum atomic E-state index is -1.09. The fourth-order valence-electron chi connectivity index (χ4n) is 1.38. The predicted octanol–water partition coefficient (Wildman–Crippen LogP) is -0.0970. The van der Waals surface area contributed by atoms with Gasteiger partial charge in [-0.25, -0.2) is 0 Å². The number of hydrogen-bond acceptors (Lipinski definition) is 7. The van der Waals surface area contributed by atoms with Crippen LogP contribution >= 0.6 is 11.8 Å². The number of carboxylic acids is 1. The summed E-state index contributed by atoms with van der Waals surface area (Å²) >= 11 is 1.26. The topological polar surface area (TPSA) is 93.0 Å². The molecule has 2 aromatic rings. The number of rotatable bonds is 6. The summed E-state index contributed by atoms with van der Waals surface area (Å²) in [5.41, 5.74) is 0.779. The molecule has 0 unspecified atom stereocenters. The fraction of sp³-hybridized carbons (Fsp3) is 0.273. The Labute approximate surface area is 113 Å². The molecule has 1 heterocycles. The molecule has 0 aliphatic carbocycles. The molecule has 100 valence electrons. The van der Waals surface area contributed by atoms with E-state index < -0.39 is 5.97 Å². The first-order valence-corrected chi connectivity index (χ1v) is 6.44. The number of methoxy groups -OCH3 is 1. The van der Waals surface area contributed by atoms with E-state index in [4.69, 9.17) is 4.74 Å². The number of aromatic nitrogens is 4. The van der Waals surface area contributed by atoms with Crippen LogP contribution in [0.3, 0.4) is 0 Å². The SMILES string of the molecule is COc1ccc(-n2nnnc2SCCC(=O)[O-])cc1. The molecule has 0 spiro atoms. The molecule has 0 aliphatic heterocycles. The van der Waals surface area contributed by atoms with Crippen molar-refractivity contribution in [3.05, 3.63) is 24.3 Å². The first-order chi connectivity index (χ1) is 9.20. The molecule has 0 radical (unpaired) electrons. The monoisotopic (exact) mass is 279 g/mol. The van der Waals surface area contributed by atoms with E-state index in [9.17, 15) is 9.90 Å². The zero-order chi connectivity index (χ0) is 13.7. The molecule has 0 atom stereocenters. The molecule has 0 bridgehead atoms. The van der Waals surface area contributed by atoms with Gasteiger partial charge >= 0.3 is 0 Å². The molecule has 7 nitrogen and oxygen atoms in total. The Morgan fingerprint density at radius 3 is 2.79 bits per heavy atom. The number of ether oxygens (including phenoxy) is 1.